The summed E-state index contributed by atoms with van der Waals surface area (Å²) in [5.41, 5.74) is 2.69. The van der Waals surface area contributed by atoms with Gasteiger partial charge in [-0.3, -0.25) is 9.59 Å². The maximum atomic E-state index is 12.1. The Kier molecular flexibility index (Phi) is 6.16. The van der Waals surface area contributed by atoms with Crippen molar-refractivity contribution in [3.05, 3.63) is 52.3 Å². The van der Waals surface area contributed by atoms with Gasteiger partial charge in [0.1, 0.15) is 11.4 Å². The molecule has 0 saturated carbocycles. The highest BCUT2D eigenvalue weighted by Crippen LogP contribution is 2.19. The Morgan fingerprint density at radius 2 is 1.77 bits per heavy atom. The van der Waals surface area contributed by atoms with E-state index in [1.807, 2.05) is 12.1 Å². The van der Waals surface area contributed by atoms with Crippen LogP contribution in [-0.2, 0) is 16.1 Å². The van der Waals surface area contributed by atoms with Gasteiger partial charge in [-0.25, -0.2) is 4.79 Å². The molecule has 2 aromatic rings. The fraction of sp³-hybridized carbons (Fsp3) is 0.316. The Hall–Kier alpha value is -3.09. The van der Waals surface area contributed by atoms with Gasteiger partial charge in [0.2, 0.25) is 0 Å². The van der Waals surface area contributed by atoms with Crippen molar-refractivity contribution in [1.82, 2.24) is 10.3 Å². The average Bonchev–Trinajstić information content (AvgIpc) is 2.92. The number of H-pyrrole nitrogens is 1. The predicted molar refractivity (Wildman–Crippen MR) is 95.4 cm³/mol. The molecule has 0 spiro atoms. The van der Waals surface area contributed by atoms with E-state index in [-0.39, 0.29) is 11.5 Å². The zero-order valence-electron chi connectivity index (χ0n) is 15.3. The highest BCUT2D eigenvalue weighted by molar-refractivity contribution is 6.01. The third kappa shape index (κ3) is 4.50. The average molecular weight is 358 g/mol. The Bertz CT molecular complexity index is 821. The van der Waals surface area contributed by atoms with Gasteiger partial charge in [-0.1, -0.05) is 12.1 Å². The quantitative estimate of drug-likeness (QED) is 0.585. The number of ether oxygens (including phenoxy) is 2. The number of hydrogen-bond donors (Lipinski definition) is 2. The highest BCUT2D eigenvalue weighted by atomic mass is 16.5. The Morgan fingerprint density at radius 3 is 2.31 bits per heavy atom. The molecule has 1 heterocycles. The van der Waals surface area contributed by atoms with Gasteiger partial charge in [-0.15, -0.1) is 0 Å². The number of esters is 1. The molecule has 0 radical (unpaired) electrons. The molecule has 138 valence electrons. The topological polar surface area (TPSA) is 97.5 Å². The number of nitrogens with one attached hydrogen (secondary N) is 2. The molecule has 2 N–H and O–H groups in total. The molecule has 0 atom stereocenters. The van der Waals surface area contributed by atoms with Crippen LogP contribution >= 0.6 is 0 Å². The molecular formula is C19H22N2O5. The third-order valence-electron chi connectivity index (χ3n) is 3.98. The van der Waals surface area contributed by atoms with E-state index >= 15 is 0 Å². The molecular weight excluding hydrogens is 336 g/mol. The van der Waals surface area contributed by atoms with Crippen molar-refractivity contribution < 1.29 is 23.9 Å². The molecule has 0 unspecified atom stereocenters. The molecule has 0 fully saturated rings. The summed E-state index contributed by atoms with van der Waals surface area (Å²) in [6.45, 7) is 4.73. The maximum absolute atomic E-state index is 12.1. The fourth-order valence-electron chi connectivity index (χ4n) is 2.68. The summed E-state index contributed by atoms with van der Waals surface area (Å²) in [6, 6.07) is 7.26. The number of rotatable bonds is 7. The Morgan fingerprint density at radius 1 is 1.12 bits per heavy atom. The normalized spacial score (nSPS) is 10.3. The lowest BCUT2D eigenvalue weighted by molar-refractivity contribution is -0.124. The van der Waals surface area contributed by atoms with Crippen molar-refractivity contribution in [3.63, 3.8) is 0 Å². The fourth-order valence-corrected chi connectivity index (χ4v) is 2.68. The molecule has 7 nitrogen and oxygen atoms in total. The van der Waals surface area contributed by atoms with Gasteiger partial charge in [0, 0.05) is 17.8 Å². The molecule has 1 amide bonds. The lowest BCUT2D eigenvalue weighted by Crippen LogP contribution is -2.28. The number of aromatic amines is 1. The zero-order chi connectivity index (χ0) is 19.3. The minimum atomic E-state index is -0.669. The van der Waals surface area contributed by atoms with Crippen LogP contribution in [0.1, 0.15) is 44.6 Å². The molecule has 7 heteroatoms. The van der Waals surface area contributed by atoms with Gasteiger partial charge >= 0.3 is 5.97 Å². The molecule has 0 aliphatic carbocycles. The summed E-state index contributed by atoms with van der Waals surface area (Å²) in [7, 11) is 1.58. The second-order valence-electron chi connectivity index (χ2n) is 5.88. The number of hydrogen-bond acceptors (Lipinski definition) is 5. The minimum absolute atomic E-state index is 0.132. The summed E-state index contributed by atoms with van der Waals surface area (Å²) in [5, 5.41) is 2.67. The summed E-state index contributed by atoms with van der Waals surface area (Å²) in [5.74, 6) is -0.484. The van der Waals surface area contributed by atoms with Gasteiger partial charge < -0.3 is 19.8 Å². The molecule has 0 aliphatic heterocycles. The van der Waals surface area contributed by atoms with Crippen molar-refractivity contribution >= 4 is 17.7 Å². The van der Waals surface area contributed by atoms with Crippen LogP contribution in [0.5, 0.6) is 5.75 Å². The number of carbonyl (C=O) groups excluding carboxylic acids is 3. The van der Waals surface area contributed by atoms with Crippen LogP contribution in [0.15, 0.2) is 24.3 Å². The first-order valence-corrected chi connectivity index (χ1v) is 8.10. The van der Waals surface area contributed by atoms with E-state index in [1.165, 1.54) is 6.92 Å². The molecule has 0 bridgehead atoms. The number of methoxy groups -OCH3 is 1. The van der Waals surface area contributed by atoms with Crippen LogP contribution in [0.3, 0.4) is 0 Å². The number of ketones is 1. The van der Waals surface area contributed by atoms with Crippen molar-refractivity contribution in [2.45, 2.75) is 27.3 Å². The molecule has 0 saturated heterocycles. The predicted octanol–water partition coefficient (Wildman–Crippen LogP) is 2.32. The van der Waals surface area contributed by atoms with Gasteiger partial charge in [-0.2, -0.15) is 0 Å². The van der Waals surface area contributed by atoms with Gasteiger partial charge in [0.15, 0.2) is 12.4 Å². The van der Waals surface area contributed by atoms with E-state index < -0.39 is 18.5 Å². The van der Waals surface area contributed by atoms with E-state index in [9.17, 15) is 14.4 Å². The van der Waals surface area contributed by atoms with Gasteiger partial charge in [-0.05, 0) is 44.0 Å². The van der Waals surface area contributed by atoms with Gasteiger partial charge in [0.05, 0.1) is 7.11 Å². The van der Waals surface area contributed by atoms with Crippen LogP contribution in [-0.4, -0.2) is 36.4 Å². The number of aryl methyl sites for hydroxylation is 1. The monoisotopic (exact) mass is 358 g/mol. The highest BCUT2D eigenvalue weighted by Gasteiger charge is 2.21. The lowest BCUT2D eigenvalue weighted by atomic mass is 10.1. The van der Waals surface area contributed by atoms with E-state index in [0.717, 1.165) is 11.3 Å². The number of amides is 1. The van der Waals surface area contributed by atoms with E-state index in [4.69, 9.17) is 9.47 Å². The molecule has 2 rings (SSSR count). The SMILES string of the molecule is COc1ccc(CNC(=O)COC(=O)c2[nH]c(C)c(C(C)=O)c2C)cc1. The van der Waals surface area contributed by atoms with Crippen LogP contribution in [0.2, 0.25) is 0 Å². The first-order chi connectivity index (χ1) is 12.3. The third-order valence-corrected chi connectivity index (χ3v) is 3.98. The molecule has 1 aromatic heterocycles. The summed E-state index contributed by atoms with van der Waals surface area (Å²) >= 11 is 0. The van der Waals surface area contributed by atoms with Crippen LogP contribution in [0.4, 0.5) is 0 Å². The lowest BCUT2D eigenvalue weighted by Gasteiger charge is -2.07. The Labute approximate surface area is 151 Å². The first-order valence-electron chi connectivity index (χ1n) is 8.10. The van der Waals surface area contributed by atoms with Gasteiger partial charge in [0.25, 0.3) is 5.91 Å². The molecule has 0 aliphatic rings. The number of benzene rings is 1. The summed E-state index contributed by atoms with van der Waals surface area (Å²) in [6.07, 6.45) is 0. The first kappa shape index (κ1) is 19.2. The van der Waals surface area contributed by atoms with E-state index in [2.05, 4.69) is 10.3 Å². The minimum Gasteiger partial charge on any atom is -0.497 e. The second kappa shape index (κ2) is 8.33. The zero-order valence-corrected chi connectivity index (χ0v) is 15.3. The van der Waals surface area contributed by atoms with E-state index in [1.54, 1.807) is 33.1 Å². The molecule has 26 heavy (non-hydrogen) atoms. The second-order valence-corrected chi connectivity index (χ2v) is 5.88. The van der Waals surface area contributed by atoms with Crippen molar-refractivity contribution in [3.8, 4) is 5.75 Å². The number of aromatic nitrogens is 1. The molecule has 1 aromatic carbocycles. The maximum Gasteiger partial charge on any atom is 0.355 e. The van der Waals surface area contributed by atoms with Crippen molar-refractivity contribution in [2.24, 2.45) is 0 Å². The number of Topliss-reactive ketones (excluding diaryl/α,β-unsaturated/α-hetero) is 1. The van der Waals surface area contributed by atoms with E-state index in [0.29, 0.717) is 23.4 Å². The number of carbonyl (C=O) groups is 3. The van der Waals surface area contributed by atoms with Crippen LogP contribution in [0.25, 0.3) is 0 Å². The van der Waals surface area contributed by atoms with Crippen molar-refractivity contribution in [1.29, 1.82) is 0 Å². The van der Waals surface area contributed by atoms with Crippen molar-refractivity contribution in [2.75, 3.05) is 13.7 Å². The smallest absolute Gasteiger partial charge is 0.355 e. The van der Waals surface area contributed by atoms with Crippen LogP contribution in [0, 0.1) is 13.8 Å². The van der Waals surface area contributed by atoms with Crippen LogP contribution < -0.4 is 10.1 Å². The largest absolute Gasteiger partial charge is 0.497 e. The Balaban J connectivity index is 1.87. The summed E-state index contributed by atoms with van der Waals surface area (Å²) < 4.78 is 10.1. The standard InChI is InChI=1S/C19H22N2O5/c1-11-17(13(3)22)12(2)21-18(11)19(24)26-10-16(23)20-9-14-5-7-15(25-4)8-6-14/h5-8,21H,9-10H2,1-4H3,(H,20,23). The summed E-state index contributed by atoms with van der Waals surface area (Å²) in [4.78, 5) is 38.5.